The van der Waals surface area contributed by atoms with Gasteiger partial charge < -0.3 is 4.74 Å². The molecule has 2 fully saturated rings. The van der Waals surface area contributed by atoms with Gasteiger partial charge in [0.2, 0.25) is 0 Å². The second kappa shape index (κ2) is 6.90. The lowest BCUT2D eigenvalue weighted by atomic mass is 9.72. The Hall–Kier alpha value is -0.570. The zero-order valence-electron chi connectivity index (χ0n) is 16.1. The van der Waals surface area contributed by atoms with Crippen molar-refractivity contribution in [2.75, 3.05) is 20.2 Å². The SMILES string of the molecule is CC.COC(=O)C1(C)CC1(C)C(C)C(C)(C)N1CCCCC1. The molecule has 130 valence electrons. The van der Waals surface area contributed by atoms with Crippen LogP contribution in [0.4, 0.5) is 0 Å². The Labute approximate surface area is 137 Å². The van der Waals surface area contributed by atoms with Gasteiger partial charge in [0.05, 0.1) is 12.5 Å². The summed E-state index contributed by atoms with van der Waals surface area (Å²) in [6.45, 7) is 17.8. The van der Waals surface area contributed by atoms with Crippen LogP contribution >= 0.6 is 0 Å². The Morgan fingerprint density at radius 3 is 2.09 bits per heavy atom. The van der Waals surface area contributed by atoms with Gasteiger partial charge in [-0.2, -0.15) is 0 Å². The highest BCUT2D eigenvalue weighted by Gasteiger charge is 2.70. The van der Waals surface area contributed by atoms with Crippen LogP contribution < -0.4 is 0 Å². The Kier molecular flexibility index (Phi) is 6.11. The van der Waals surface area contributed by atoms with E-state index in [0.29, 0.717) is 5.92 Å². The number of methoxy groups -OCH3 is 1. The summed E-state index contributed by atoms with van der Waals surface area (Å²) in [5.41, 5.74) is -0.101. The predicted octanol–water partition coefficient (Wildman–Crippen LogP) is 4.50. The molecule has 1 aliphatic heterocycles. The number of carbonyl (C=O) groups excluding carboxylic acids is 1. The van der Waals surface area contributed by atoms with Crippen LogP contribution in [0.3, 0.4) is 0 Å². The number of rotatable bonds is 4. The average Bonchev–Trinajstić information content (AvgIpc) is 3.13. The van der Waals surface area contributed by atoms with Gasteiger partial charge in [-0.05, 0) is 64.5 Å². The highest BCUT2D eigenvalue weighted by molar-refractivity contribution is 5.81. The summed E-state index contributed by atoms with van der Waals surface area (Å²) in [5.74, 6) is 0.429. The highest BCUT2D eigenvalue weighted by atomic mass is 16.5. The Morgan fingerprint density at radius 2 is 1.64 bits per heavy atom. The van der Waals surface area contributed by atoms with E-state index in [1.165, 1.54) is 39.5 Å². The molecular weight excluding hydrogens is 274 g/mol. The van der Waals surface area contributed by atoms with Gasteiger partial charge in [-0.15, -0.1) is 0 Å². The number of nitrogens with zero attached hydrogens (tertiary/aromatic N) is 1. The lowest BCUT2D eigenvalue weighted by Gasteiger charge is -2.48. The normalized spacial score (nSPS) is 33.5. The molecule has 3 heteroatoms. The largest absolute Gasteiger partial charge is 0.469 e. The average molecular weight is 312 g/mol. The molecule has 0 aromatic heterocycles. The monoisotopic (exact) mass is 311 g/mol. The number of ether oxygens (including phenoxy) is 1. The standard InChI is InChI=1S/C17H31NO2.C2H6/c1-13(15(2,3)18-10-8-7-9-11-18)16(4)12-17(16,5)14(19)20-6;1-2/h13H,7-12H2,1-6H3;1-2H3. The van der Waals surface area contributed by atoms with Crippen molar-refractivity contribution in [3.63, 3.8) is 0 Å². The van der Waals surface area contributed by atoms with E-state index < -0.39 is 0 Å². The minimum atomic E-state index is -0.297. The quantitative estimate of drug-likeness (QED) is 0.716. The van der Waals surface area contributed by atoms with Gasteiger partial charge in [-0.3, -0.25) is 9.69 Å². The van der Waals surface area contributed by atoms with E-state index in [0.717, 1.165) is 6.42 Å². The number of carbonyl (C=O) groups is 1. The van der Waals surface area contributed by atoms with Gasteiger partial charge in [0.15, 0.2) is 0 Å². The minimum absolute atomic E-state index is 0.0405. The van der Waals surface area contributed by atoms with E-state index in [1.807, 2.05) is 13.8 Å². The molecule has 1 saturated heterocycles. The summed E-state index contributed by atoms with van der Waals surface area (Å²) in [4.78, 5) is 14.7. The third-order valence-electron chi connectivity index (χ3n) is 6.68. The smallest absolute Gasteiger partial charge is 0.312 e. The Bertz CT molecular complexity index is 387. The molecule has 2 rings (SSSR count). The van der Waals surface area contributed by atoms with E-state index >= 15 is 0 Å². The van der Waals surface area contributed by atoms with Crippen molar-refractivity contribution in [2.45, 2.75) is 79.7 Å². The Morgan fingerprint density at radius 1 is 1.14 bits per heavy atom. The molecule has 1 saturated carbocycles. The third-order valence-corrected chi connectivity index (χ3v) is 6.68. The minimum Gasteiger partial charge on any atom is -0.469 e. The van der Waals surface area contributed by atoms with Crippen molar-refractivity contribution < 1.29 is 9.53 Å². The summed E-state index contributed by atoms with van der Waals surface area (Å²) >= 11 is 0. The van der Waals surface area contributed by atoms with Crippen molar-refractivity contribution >= 4 is 5.97 Å². The topological polar surface area (TPSA) is 29.5 Å². The molecule has 0 radical (unpaired) electrons. The van der Waals surface area contributed by atoms with Crippen molar-refractivity contribution in [1.82, 2.24) is 4.90 Å². The van der Waals surface area contributed by atoms with Gasteiger partial charge in [0.25, 0.3) is 0 Å². The number of likely N-dealkylation sites (tertiary alicyclic amines) is 1. The van der Waals surface area contributed by atoms with Crippen molar-refractivity contribution in [1.29, 1.82) is 0 Å². The number of hydrogen-bond acceptors (Lipinski definition) is 3. The molecule has 1 heterocycles. The lowest BCUT2D eigenvalue weighted by molar-refractivity contribution is -0.149. The van der Waals surface area contributed by atoms with Crippen molar-refractivity contribution in [3.05, 3.63) is 0 Å². The first-order valence-corrected chi connectivity index (χ1v) is 9.03. The van der Waals surface area contributed by atoms with Crippen molar-refractivity contribution in [2.24, 2.45) is 16.7 Å². The predicted molar refractivity (Wildman–Crippen MR) is 92.9 cm³/mol. The maximum absolute atomic E-state index is 12.1. The van der Waals surface area contributed by atoms with Crippen LogP contribution in [0.2, 0.25) is 0 Å². The fourth-order valence-electron chi connectivity index (χ4n) is 4.38. The van der Waals surface area contributed by atoms with Gasteiger partial charge in [0.1, 0.15) is 0 Å². The van der Waals surface area contributed by atoms with Gasteiger partial charge in [0, 0.05) is 5.54 Å². The summed E-state index contributed by atoms with van der Waals surface area (Å²) in [6, 6.07) is 0. The summed E-state index contributed by atoms with van der Waals surface area (Å²) in [5, 5.41) is 0. The van der Waals surface area contributed by atoms with Crippen LogP contribution in [0.5, 0.6) is 0 Å². The van der Waals surface area contributed by atoms with Crippen LogP contribution in [-0.4, -0.2) is 36.6 Å². The number of hydrogen-bond donors (Lipinski definition) is 0. The molecular formula is C19H37NO2. The first kappa shape index (κ1) is 19.5. The summed E-state index contributed by atoms with van der Waals surface area (Å²) in [7, 11) is 1.51. The fraction of sp³-hybridized carbons (Fsp3) is 0.947. The van der Waals surface area contributed by atoms with E-state index in [4.69, 9.17) is 4.74 Å². The first-order valence-electron chi connectivity index (χ1n) is 9.03. The highest BCUT2D eigenvalue weighted by Crippen LogP contribution is 2.70. The molecule has 0 aromatic rings. The maximum atomic E-state index is 12.1. The van der Waals surface area contributed by atoms with Crippen LogP contribution in [0.25, 0.3) is 0 Å². The third kappa shape index (κ3) is 3.06. The maximum Gasteiger partial charge on any atom is 0.312 e. The lowest BCUT2D eigenvalue weighted by Crippen LogP contribution is -2.53. The summed E-state index contributed by atoms with van der Waals surface area (Å²) in [6.07, 6.45) is 4.92. The number of esters is 1. The Balaban J connectivity index is 0.00000116. The zero-order valence-corrected chi connectivity index (χ0v) is 16.1. The second-order valence-corrected chi connectivity index (χ2v) is 7.84. The fourth-order valence-corrected chi connectivity index (χ4v) is 4.38. The van der Waals surface area contributed by atoms with Gasteiger partial charge in [-0.25, -0.2) is 0 Å². The molecule has 0 amide bonds. The van der Waals surface area contributed by atoms with Crippen LogP contribution in [0.1, 0.15) is 74.1 Å². The molecule has 3 atom stereocenters. The molecule has 0 aromatic carbocycles. The van der Waals surface area contributed by atoms with Gasteiger partial charge in [-0.1, -0.05) is 34.1 Å². The molecule has 0 spiro atoms. The van der Waals surface area contributed by atoms with E-state index in [9.17, 15) is 4.79 Å². The van der Waals surface area contributed by atoms with E-state index in [1.54, 1.807) is 0 Å². The summed E-state index contributed by atoms with van der Waals surface area (Å²) < 4.78 is 5.03. The van der Waals surface area contributed by atoms with Crippen LogP contribution in [0, 0.1) is 16.7 Å². The number of piperidine rings is 1. The molecule has 0 N–H and O–H groups in total. The van der Waals surface area contributed by atoms with Crippen molar-refractivity contribution in [3.8, 4) is 0 Å². The van der Waals surface area contributed by atoms with E-state index in [-0.39, 0.29) is 22.3 Å². The zero-order chi connectivity index (χ0) is 17.2. The molecule has 0 bridgehead atoms. The van der Waals surface area contributed by atoms with Crippen LogP contribution in [-0.2, 0) is 9.53 Å². The molecule has 22 heavy (non-hydrogen) atoms. The van der Waals surface area contributed by atoms with Crippen LogP contribution in [0.15, 0.2) is 0 Å². The first-order chi connectivity index (χ1) is 10.2. The van der Waals surface area contributed by atoms with E-state index in [2.05, 4.69) is 39.5 Å². The molecule has 1 aliphatic carbocycles. The molecule has 3 nitrogen and oxygen atoms in total. The second-order valence-electron chi connectivity index (χ2n) is 7.84. The van der Waals surface area contributed by atoms with Gasteiger partial charge >= 0.3 is 5.97 Å². The molecule has 2 aliphatic rings. The molecule has 3 unspecified atom stereocenters.